The van der Waals surface area contributed by atoms with Crippen molar-refractivity contribution >= 4 is 17.8 Å². The number of alkyl carbamates (subject to hydrolysis) is 1. The lowest BCUT2D eigenvalue weighted by atomic mass is 9.69. The third-order valence-corrected chi connectivity index (χ3v) is 7.94. The van der Waals surface area contributed by atoms with Crippen molar-refractivity contribution in [2.24, 2.45) is 11.8 Å². The molecule has 2 unspecified atom stereocenters. The third kappa shape index (κ3) is 6.74. The lowest BCUT2D eigenvalue weighted by Crippen LogP contribution is -2.43. The number of methoxy groups -OCH3 is 4. The predicted molar refractivity (Wildman–Crippen MR) is 157 cm³/mol. The number of hydrogen-bond acceptors (Lipinski definition) is 8. The van der Waals surface area contributed by atoms with Crippen molar-refractivity contribution in [1.29, 1.82) is 0 Å². The largest absolute Gasteiger partial charge is 0.497 e. The SMILES string of the molecule is COc1ccc2c(c1)[C@@H](NC(=O)CC1CCC1C(=O)CNC(=O)OC(C)(C)C)CCc1cc(OC)c(OC)c(OC)c1-2. The Morgan fingerprint density at radius 3 is 2.24 bits per heavy atom. The van der Waals surface area contributed by atoms with Crippen LogP contribution in [0.3, 0.4) is 0 Å². The van der Waals surface area contributed by atoms with Gasteiger partial charge < -0.3 is 34.3 Å². The van der Waals surface area contributed by atoms with Crippen molar-refractivity contribution in [3.8, 4) is 34.1 Å². The fraction of sp³-hybridized carbons (Fsp3) is 0.531. The minimum atomic E-state index is -0.643. The highest BCUT2D eigenvalue weighted by molar-refractivity contribution is 5.88. The maximum atomic E-state index is 13.4. The second-order valence-corrected chi connectivity index (χ2v) is 11.8. The number of rotatable bonds is 10. The standard InChI is InChI=1S/C32H42N2O8/c1-32(2,3)42-31(37)33-17-25(35)21-11-8-18(21)15-27(36)34-24-13-9-19-14-26(39-5)29(40-6)30(41-7)28(19)22-12-10-20(38-4)16-23(22)24/h10,12,14,16,18,21,24H,8-9,11,13,15,17H2,1-7H3,(H,33,37)(H,34,36)/t18?,21?,24-/m0/s1. The van der Waals surface area contributed by atoms with Crippen LogP contribution < -0.4 is 29.6 Å². The predicted octanol–water partition coefficient (Wildman–Crippen LogP) is 5.00. The van der Waals surface area contributed by atoms with Crippen LogP contribution in [0, 0.1) is 11.8 Å². The van der Waals surface area contributed by atoms with Crippen molar-refractivity contribution in [2.75, 3.05) is 35.0 Å². The van der Waals surface area contributed by atoms with E-state index in [1.54, 1.807) is 49.2 Å². The molecular weight excluding hydrogens is 540 g/mol. The fourth-order valence-electron chi connectivity index (χ4n) is 5.82. The minimum absolute atomic E-state index is 0.0701. The van der Waals surface area contributed by atoms with E-state index in [9.17, 15) is 14.4 Å². The Hall–Kier alpha value is -3.95. The Kier molecular flexibility index (Phi) is 9.53. The van der Waals surface area contributed by atoms with Gasteiger partial charge in [0.1, 0.15) is 11.4 Å². The van der Waals surface area contributed by atoms with Crippen molar-refractivity contribution < 1.29 is 38.1 Å². The molecule has 2 aliphatic rings. The molecule has 42 heavy (non-hydrogen) atoms. The highest BCUT2D eigenvalue weighted by Gasteiger charge is 2.38. The topological polar surface area (TPSA) is 121 Å². The summed E-state index contributed by atoms with van der Waals surface area (Å²) in [5, 5.41) is 5.77. The summed E-state index contributed by atoms with van der Waals surface area (Å²) in [5.74, 6) is 1.79. The van der Waals surface area contributed by atoms with Gasteiger partial charge in [-0.2, -0.15) is 0 Å². The van der Waals surface area contributed by atoms with Crippen LogP contribution in [0.5, 0.6) is 23.0 Å². The summed E-state index contributed by atoms with van der Waals surface area (Å²) in [7, 11) is 6.38. The van der Waals surface area contributed by atoms with E-state index in [4.69, 9.17) is 23.7 Å². The Labute approximate surface area is 247 Å². The molecule has 0 heterocycles. The summed E-state index contributed by atoms with van der Waals surface area (Å²) < 4.78 is 27.8. The molecule has 0 bridgehead atoms. The number of Topliss-reactive ketones (excluding diaryl/α,β-unsaturated/α-hetero) is 1. The molecule has 1 saturated carbocycles. The van der Waals surface area contributed by atoms with Gasteiger partial charge in [0, 0.05) is 17.9 Å². The summed E-state index contributed by atoms with van der Waals surface area (Å²) in [6.45, 7) is 5.18. The number of carbonyl (C=O) groups excluding carboxylic acids is 3. The highest BCUT2D eigenvalue weighted by atomic mass is 16.6. The summed E-state index contributed by atoms with van der Waals surface area (Å²) in [6.07, 6.45) is 2.40. The van der Waals surface area contributed by atoms with Gasteiger partial charge in [0.2, 0.25) is 11.7 Å². The summed E-state index contributed by atoms with van der Waals surface area (Å²) in [6, 6.07) is 7.48. The van der Waals surface area contributed by atoms with E-state index < -0.39 is 11.7 Å². The molecule has 2 aromatic carbocycles. The van der Waals surface area contributed by atoms with E-state index in [-0.39, 0.29) is 42.5 Å². The van der Waals surface area contributed by atoms with Crippen LogP contribution in [-0.4, -0.2) is 58.4 Å². The molecule has 2 aromatic rings. The van der Waals surface area contributed by atoms with Crippen LogP contribution in [0.2, 0.25) is 0 Å². The van der Waals surface area contributed by atoms with Gasteiger partial charge in [-0.25, -0.2) is 4.79 Å². The van der Waals surface area contributed by atoms with Crippen molar-refractivity contribution in [1.82, 2.24) is 10.6 Å². The van der Waals surface area contributed by atoms with E-state index in [0.29, 0.717) is 42.3 Å². The maximum Gasteiger partial charge on any atom is 0.408 e. The number of carbonyl (C=O) groups is 3. The molecule has 0 aliphatic heterocycles. The van der Waals surface area contributed by atoms with Crippen LogP contribution in [-0.2, 0) is 20.7 Å². The normalized spacial score (nSPS) is 19.2. The average molecular weight is 583 g/mol. The van der Waals surface area contributed by atoms with E-state index in [1.165, 1.54) is 0 Å². The van der Waals surface area contributed by atoms with E-state index in [1.807, 2.05) is 24.3 Å². The zero-order chi connectivity index (χ0) is 30.6. The number of hydrogen-bond donors (Lipinski definition) is 2. The Morgan fingerprint density at radius 1 is 0.905 bits per heavy atom. The molecule has 2 N–H and O–H groups in total. The smallest absolute Gasteiger partial charge is 0.408 e. The lowest BCUT2D eigenvalue weighted by Gasteiger charge is -2.35. The van der Waals surface area contributed by atoms with Gasteiger partial charge in [0.15, 0.2) is 17.3 Å². The molecule has 1 fully saturated rings. The van der Waals surface area contributed by atoms with E-state index in [2.05, 4.69) is 10.6 Å². The van der Waals surface area contributed by atoms with Gasteiger partial charge in [-0.15, -0.1) is 0 Å². The summed E-state index contributed by atoms with van der Waals surface area (Å²) in [5.41, 5.74) is 3.10. The van der Waals surface area contributed by atoms with Crippen molar-refractivity contribution in [3.63, 3.8) is 0 Å². The van der Waals surface area contributed by atoms with Crippen molar-refractivity contribution in [3.05, 3.63) is 35.4 Å². The van der Waals surface area contributed by atoms with E-state index in [0.717, 1.165) is 28.7 Å². The average Bonchev–Trinajstić information content (AvgIpc) is 3.08. The molecule has 0 spiro atoms. The lowest BCUT2D eigenvalue weighted by molar-refractivity contribution is -0.130. The molecule has 2 aliphatic carbocycles. The minimum Gasteiger partial charge on any atom is -0.497 e. The fourth-order valence-corrected chi connectivity index (χ4v) is 5.82. The van der Waals surface area contributed by atoms with Gasteiger partial charge in [0.05, 0.1) is 41.0 Å². The number of benzene rings is 2. The van der Waals surface area contributed by atoms with Crippen LogP contribution in [0.1, 0.15) is 63.6 Å². The molecule has 10 nitrogen and oxygen atoms in total. The molecule has 0 saturated heterocycles. The monoisotopic (exact) mass is 582 g/mol. The number of ether oxygens (including phenoxy) is 5. The summed E-state index contributed by atoms with van der Waals surface area (Å²) in [4.78, 5) is 38.1. The van der Waals surface area contributed by atoms with Crippen LogP contribution >= 0.6 is 0 Å². The zero-order valence-corrected chi connectivity index (χ0v) is 25.6. The third-order valence-electron chi connectivity index (χ3n) is 7.94. The van der Waals surface area contributed by atoms with Crippen molar-refractivity contribution in [2.45, 2.75) is 64.5 Å². The second-order valence-electron chi connectivity index (χ2n) is 11.8. The first-order valence-corrected chi connectivity index (χ1v) is 14.3. The molecule has 0 radical (unpaired) electrons. The molecule has 4 rings (SSSR count). The first-order chi connectivity index (χ1) is 20.0. The second kappa shape index (κ2) is 12.9. The van der Waals surface area contributed by atoms with Crippen LogP contribution in [0.15, 0.2) is 24.3 Å². The molecule has 3 atom stereocenters. The number of fused-ring (bicyclic) bond motifs is 3. The Bertz CT molecular complexity index is 1330. The van der Waals surface area contributed by atoms with Gasteiger partial charge in [-0.05, 0) is 87.3 Å². The number of amides is 2. The molecule has 2 amide bonds. The zero-order valence-electron chi connectivity index (χ0n) is 25.6. The maximum absolute atomic E-state index is 13.4. The highest BCUT2D eigenvalue weighted by Crippen LogP contribution is 2.51. The summed E-state index contributed by atoms with van der Waals surface area (Å²) >= 11 is 0. The van der Waals surface area contributed by atoms with Gasteiger partial charge in [-0.1, -0.05) is 6.07 Å². The van der Waals surface area contributed by atoms with Crippen LogP contribution in [0.4, 0.5) is 4.79 Å². The Morgan fingerprint density at radius 2 is 1.64 bits per heavy atom. The first-order valence-electron chi connectivity index (χ1n) is 14.3. The first kappa shape index (κ1) is 31.0. The molecular formula is C32H42N2O8. The Balaban J connectivity index is 1.51. The van der Waals surface area contributed by atoms with Gasteiger partial charge in [-0.3, -0.25) is 9.59 Å². The van der Waals surface area contributed by atoms with Gasteiger partial charge >= 0.3 is 6.09 Å². The number of aryl methyl sites for hydroxylation is 1. The molecule has 0 aromatic heterocycles. The van der Waals surface area contributed by atoms with Gasteiger partial charge in [0.25, 0.3) is 0 Å². The molecule has 228 valence electrons. The molecule has 10 heteroatoms. The number of nitrogens with one attached hydrogen (secondary N) is 2. The van der Waals surface area contributed by atoms with Crippen LogP contribution in [0.25, 0.3) is 11.1 Å². The number of ketones is 1. The van der Waals surface area contributed by atoms with E-state index >= 15 is 0 Å². The quantitative estimate of drug-likeness (QED) is 0.402.